The van der Waals surface area contributed by atoms with E-state index in [1.54, 1.807) is 13.8 Å². The lowest BCUT2D eigenvalue weighted by Crippen LogP contribution is -2.42. The van der Waals surface area contributed by atoms with Gasteiger partial charge in [-0.05, 0) is 26.0 Å². The van der Waals surface area contributed by atoms with E-state index in [1.807, 2.05) is 0 Å². The lowest BCUT2D eigenvalue weighted by Gasteiger charge is -2.27. The number of carboxylic acids is 1. The Hall–Kier alpha value is -2.18. The van der Waals surface area contributed by atoms with E-state index in [9.17, 15) is 18.4 Å². The molecule has 1 aromatic rings. The summed E-state index contributed by atoms with van der Waals surface area (Å²) in [6, 6.07) is 1.47. The number of carboxylic acid groups (broad SMARTS) is 1. The molecule has 0 aliphatic carbocycles. The second-order valence-corrected chi connectivity index (χ2v) is 4.29. The largest absolute Gasteiger partial charge is 0.481 e. The Labute approximate surface area is 115 Å². The molecule has 1 atom stereocenters. The third-order valence-corrected chi connectivity index (χ3v) is 2.77. The first-order chi connectivity index (χ1) is 9.35. The maximum atomic E-state index is 13.4. The van der Waals surface area contributed by atoms with E-state index in [-0.39, 0.29) is 18.7 Å². The van der Waals surface area contributed by atoms with Crippen molar-refractivity contribution in [3.8, 4) is 0 Å². The molecule has 0 saturated carbocycles. The van der Waals surface area contributed by atoms with Crippen molar-refractivity contribution >= 4 is 17.7 Å². The normalized spacial score (nSPS) is 11.8. The summed E-state index contributed by atoms with van der Waals surface area (Å²) in [5, 5.41) is 10.9. The fraction of sp³-hybridized carbons (Fsp3) is 0.385. The number of rotatable bonds is 5. The third kappa shape index (κ3) is 4.18. The second-order valence-electron chi connectivity index (χ2n) is 4.29. The lowest BCUT2D eigenvalue weighted by molar-refractivity contribution is -0.137. The molecule has 20 heavy (non-hydrogen) atoms. The van der Waals surface area contributed by atoms with Crippen LogP contribution in [0.15, 0.2) is 18.2 Å². The molecule has 0 bridgehead atoms. The van der Waals surface area contributed by atoms with Gasteiger partial charge in [-0.15, -0.1) is 0 Å². The fourth-order valence-corrected chi connectivity index (χ4v) is 1.80. The van der Waals surface area contributed by atoms with Gasteiger partial charge in [0.25, 0.3) is 0 Å². The van der Waals surface area contributed by atoms with Crippen LogP contribution in [0.5, 0.6) is 0 Å². The molecule has 1 unspecified atom stereocenters. The first kappa shape index (κ1) is 15.9. The van der Waals surface area contributed by atoms with Crippen LogP contribution in [0.2, 0.25) is 0 Å². The predicted molar refractivity (Wildman–Crippen MR) is 69.5 cm³/mol. The van der Waals surface area contributed by atoms with E-state index < -0.39 is 29.7 Å². The van der Waals surface area contributed by atoms with Gasteiger partial charge in [-0.25, -0.2) is 13.6 Å². The highest BCUT2D eigenvalue weighted by Gasteiger charge is 2.21. The number of urea groups is 1. The minimum Gasteiger partial charge on any atom is -0.481 e. The Morgan fingerprint density at radius 2 is 2.05 bits per heavy atom. The maximum Gasteiger partial charge on any atom is 0.322 e. The van der Waals surface area contributed by atoms with Crippen molar-refractivity contribution in [3.05, 3.63) is 29.8 Å². The summed E-state index contributed by atoms with van der Waals surface area (Å²) in [7, 11) is 0. The average Bonchev–Trinajstić information content (AvgIpc) is 2.33. The molecule has 2 amide bonds. The summed E-state index contributed by atoms with van der Waals surface area (Å²) in [6.07, 6.45) is -0.229. The smallest absolute Gasteiger partial charge is 0.322 e. The topological polar surface area (TPSA) is 69.6 Å². The summed E-state index contributed by atoms with van der Waals surface area (Å²) >= 11 is 0. The van der Waals surface area contributed by atoms with E-state index in [4.69, 9.17) is 5.11 Å². The number of carbonyl (C=O) groups excluding carboxylic acids is 1. The van der Waals surface area contributed by atoms with Gasteiger partial charge in [0.05, 0.1) is 12.1 Å². The van der Waals surface area contributed by atoms with Gasteiger partial charge in [0.1, 0.15) is 11.6 Å². The molecule has 0 aliphatic rings. The Morgan fingerprint density at radius 1 is 1.40 bits per heavy atom. The van der Waals surface area contributed by atoms with Crippen LogP contribution in [-0.4, -0.2) is 34.6 Å². The molecular formula is C13H16F2N2O3. The molecule has 1 aromatic carbocycles. The van der Waals surface area contributed by atoms with Gasteiger partial charge in [-0.1, -0.05) is 0 Å². The number of nitrogens with one attached hydrogen (secondary N) is 1. The number of halogens is 2. The number of benzene rings is 1. The summed E-state index contributed by atoms with van der Waals surface area (Å²) in [5.74, 6) is -2.48. The third-order valence-electron chi connectivity index (χ3n) is 2.77. The molecule has 0 radical (unpaired) electrons. The van der Waals surface area contributed by atoms with Gasteiger partial charge in [0, 0.05) is 18.7 Å². The molecule has 2 N–H and O–H groups in total. The molecular weight excluding hydrogens is 270 g/mol. The highest BCUT2D eigenvalue weighted by Crippen LogP contribution is 2.16. The Bertz CT molecular complexity index is 508. The standard InChI is InChI=1S/C13H16F2N2O3/c1-3-17(8(2)6-12(18)19)13(20)16-11-7-9(14)4-5-10(11)15/h4-5,7-8H,3,6H2,1-2H3,(H,16,20)(H,18,19). The summed E-state index contributed by atoms with van der Waals surface area (Å²) in [6.45, 7) is 3.48. The number of hydrogen-bond donors (Lipinski definition) is 2. The first-order valence-corrected chi connectivity index (χ1v) is 6.09. The Balaban J connectivity index is 2.82. The molecule has 0 aliphatic heterocycles. The van der Waals surface area contributed by atoms with Crippen molar-refractivity contribution in [1.29, 1.82) is 0 Å². The van der Waals surface area contributed by atoms with Crippen molar-refractivity contribution in [2.45, 2.75) is 26.3 Å². The maximum absolute atomic E-state index is 13.4. The lowest BCUT2D eigenvalue weighted by atomic mass is 10.2. The molecule has 5 nitrogen and oxygen atoms in total. The minimum atomic E-state index is -1.04. The van der Waals surface area contributed by atoms with Crippen LogP contribution in [0.3, 0.4) is 0 Å². The number of nitrogens with zero attached hydrogens (tertiary/aromatic N) is 1. The van der Waals surface area contributed by atoms with Gasteiger partial charge in [-0.2, -0.15) is 0 Å². The summed E-state index contributed by atoms with van der Waals surface area (Å²) < 4.78 is 26.4. The average molecular weight is 286 g/mol. The molecule has 7 heteroatoms. The Kier molecular flexibility index (Phi) is 5.42. The molecule has 0 aromatic heterocycles. The van der Waals surface area contributed by atoms with Crippen LogP contribution in [0.4, 0.5) is 19.3 Å². The van der Waals surface area contributed by atoms with Gasteiger partial charge in [0.2, 0.25) is 0 Å². The van der Waals surface area contributed by atoms with Gasteiger partial charge >= 0.3 is 12.0 Å². The van der Waals surface area contributed by atoms with E-state index in [0.29, 0.717) is 0 Å². The van der Waals surface area contributed by atoms with Crippen LogP contribution < -0.4 is 5.32 Å². The van der Waals surface area contributed by atoms with Crippen LogP contribution in [-0.2, 0) is 4.79 Å². The fourth-order valence-electron chi connectivity index (χ4n) is 1.80. The highest BCUT2D eigenvalue weighted by atomic mass is 19.1. The number of carbonyl (C=O) groups is 2. The van der Waals surface area contributed by atoms with E-state index in [0.717, 1.165) is 18.2 Å². The molecule has 1 rings (SSSR count). The quantitative estimate of drug-likeness (QED) is 0.874. The summed E-state index contributed by atoms with van der Waals surface area (Å²) in [4.78, 5) is 23.8. The Morgan fingerprint density at radius 3 is 2.60 bits per heavy atom. The van der Waals surface area contributed by atoms with Crippen molar-refractivity contribution in [3.63, 3.8) is 0 Å². The zero-order valence-electron chi connectivity index (χ0n) is 11.2. The van der Waals surface area contributed by atoms with Crippen LogP contribution >= 0.6 is 0 Å². The number of anilines is 1. The molecule has 0 spiro atoms. The first-order valence-electron chi connectivity index (χ1n) is 6.09. The monoisotopic (exact) mass is 286 g/mol. The van der Waals surface area contributed by atoms with E-state index >= 15 is 0 Å². The molecule has 0 saturated heterocycles. The zero-order valence-corrected chi connectivity index (χ0v) is 11.2. The van der Waals surface area contributed by atoms with Crippen molar-refractivity contribution in [1.82, 2.24) is 4.90 Å². The van der Waals surface area contributed by atoms with E-state index in [1.165, 1.54) is 4.90 Å². The van der Waals surface area contributed by atoms with Crippen molar-refractivity contribution in [2.75, 3.05) is 11.9 Å². The van der Waals surface area contributed by atoms with Crippen molar-refractivity contribution < 1.29 is 23.5 Å². The second kappa shape index (κ2) is 6.83. The van der Waals surface area contributed by atoms with E-state index in [2.05, 4.69) is 5.32 Å². The number of hydrogen-bond acceptors (Lipinski definition) is 2. The summed E-state index contributed by atoms with van der Waals surface area (Å²) in [5.41, 5.74) is -0.282. The minimum absolute atomic E-state index is 0.229. The highest BCUT2D eigenvalue weighted by molar-refractivity contribution is 5.90. The van der Waals surface area contributed by atoms with Gasteiger partial charge in [-0.3, -0.25) is 4.79 Å². The predicted octanol–water partition coefficient (Wildman–Crippen LogP) is 2.68. The SMILES string of the molecule is CCN(C(=O)Nc1cc(F)ccc1F)C(C)CC(=O)O. The zero-order chi connectivity index (χ0) is 15.3. The van der Waals surface area contributed by atoms with Crippen molar-refractivity contribution in [2.24, 2.45) is 0 Å². The molecule has 0 fully saturated rings. The van der Waals surface area contributed by atoms with Crippen LogP contribution in [0, 0.1) is 11.6 Å². The number of aliphatic carboxylic acids is 1. The van der Waals surface area contributed by atoms with Gasteiger partial charge < -0.3 is 15.3 Å². The molecule has 110 valence electrons. The number of amides is 2. The van der Waals surface area contributed by atoms with Crippen LogP contribution in [0.25, 0.3) is 0 Å². The van der Waals surface area contributed by atoms with Gasteiger partial charge in [0.15, 0.2) is 0 Å². The van der Waals surface area contributed by atoms with Crippen LogP contribution in [0.1, 0.15) is 20.3 Å². The molecule has 0 heterocycles.